The zero-order valence-electron chi connectivity index (χ0n) is 14.3. The molecule has 26 heavy (non-hydrogen) atoms. The van der Waals surface area contributed by atoms with Gasteiger partial charge in [-0.25, -0.2) is 0 Å². The quantitative estimate of drug-likeness (QED) is 0.323. The van der Waals surface area contributed by atoms with Crippen LogP contribution in [0.4, 0.5) is 0 Å². The van der Waals surface area contributed by atoms with E-state index >= 15 is 0 Å². The Balaban J connectivity index is 2.38. The molecule has 0 radical (unpaired) electrons. The second-order valence-electron chi connectivity index (χ2n) is 6.19. The molecule has 0 aliphatic rings. The van der Waals surface area contributed by atoms with Gasteiger partial charge >= 0.3 is 0 Å². The summed E-state index contributed by atoms with van der Waals surface area (Å²) in [7, 11) is 0. The first-order chi connectivity index (χ1) is 12.3. The average molecular weight is 354 g/mol. The summed E-state index contributed by atoms with van der Waals surface area (Å²) in [6.45, 7) is 3.67. The Morgan fingerprint density at radius 1 is 0.962 bits per heavy atom. The van der Waals surface area contributed by atoms with Gasteiger partial charge in [0.15, 0.2) is 17.1 Å². The molecule has 1 heterocycles. The number of hydrogen-bond donors (Lipinski definition) is 4. The highest BCUT2D eigenvalue weighted by molar-refractivity contribution is 5.94. The van der Waals surface area contributed by atoms with Gasteiger partial charge in [0, 0.05) is 11.1 Å². The minimum absolute atomic E-state index is 0.0182. The molecule has 6 nitrogen and oxygen atoms in total. The van der Waals surface area contributed by atoms with Crippen molar-refractivity contribution in [1.82, 2.24) is 0 Å². The minimum Gasteiger partial charge on any atom is -0.507 e. The highest BCUT2D eigenvalue weighted by Gasteiger charge is 2.25. The maximum absolute atomic E-state index is 12.6. The van der Waals surface area contributed by atoms with Gasteiger partial charge in [0.05, 0.1) is 0 Å². The molecule has 0 bridgehead atoms. The molecule has 3 aromatic rings. The van der Waals surface area contributed by atoms with Gasteiger partial charge in [0.1, 0.15) is 11.1 Å². The predicted octanol–water partition coefficient (Wildman–Crippen LogP) is 3.79. The van der Waals surface area contributed by atoms with Crippen molar-refractivity contribution in [1.29, 1.82) is 0 Å². The number of rotatable bonds is 3. The zero-order valence-corrected chi connectivity index (χ0v) is 14.3. The summed E-state index contributed by atoms with van der Waals surface area (Å²) in [4.78, 5) is 12.6. The Bertz CT molecular complexity index is 1070. The fourth-order valence-electron chi connectivity index (χ4n) is 2.71. The molecule has 3 rings (SSSR count). The normalized spacial score (nSPS) is 10.8. The van der Waals surface area contributed by atoms with Crippen molar-refractivity contribution in [2.75, 3.05) is 0 Å². The fraction of sp³-hybridized carbons (Fsp3) is 0.150. The summed E-state index contributed by atoms with van der Waals surface area (Å²) < 4.78 is 5.50. The SMILES string of the molecule is CC(C)=CCc1c(O)c(O)c2oc(-c3ccccc3)c(O)c(=O)c2c1O. The molecule has 0 saturated carbocycles. The van der Waals surface area contributed by atoms with Gasteiger partial charge in [0.25, 0.3) is 0 Å². The van der Waals surface area contributed by atoms with E-state index < -0.39 is 28.4 Å². The van der Waals surface area contributed by atoms with E-state index in [1.54, 1.807) is 36.4 Å². The van der Waals surface area contributed by atoms with Crippen LogP contribution in [0, 0.1) is 0 Å². The molecule has 0 aliphatic heterocycles. The van der Waals surface area contributed by atoms with Crippen molar-refractivity contribution in [2.24, 2.45) is 0 Å². The molecule has 134 valence electrons. The lowest BCUT2D eigenvalue weighted by Gasteiger charge is -2.13. The van der Waals surface area contributed by atoms with Gasteiger partial charge in [-0.05, 0) is 20.3 Å². The van der Waals surface area contributed by atoms with Crippen LogP contribution in [0.1, 0.15) is 19.4 Å². The van der Waals surface area contributed by atoms with E-state index in [9.17, 15) is 25.2 Å². The van der Waals surface area contributed by atoms with Gasteiger partial charge < -0.3 is 24.8 Å². The number of aromatic hydroxyl groups is 4. The molecular weight excluding hydrogens is 336 g/mol. The van der Waals surface area contributed by atoms with E-state index in [0.717, 1.165) is 5.57 Å². The molecule has 0 aliphatic carbocycles. The molecular formula is C20H18O6. The van der Waals surface area contributed by atoms with Crippen molar-refractivity contribution in [2.45, 2.75) is 20.3 Å². The largest absolute Gasteiger partial charge is 0.507 e. The van der Waals surface area contributed by atoms with Crippen LogP contribution in [-0.4, -0.2) is 20.4 Å². The highest BCUT2D eigenvalue weighted by Crippen LogP contribution is 2.45. The van der Waals surface area contributed by atoms with Crippen LogP contribution in [0.2, 0.25) is 0 Å². The number of fused-ring (bicyclic) bond motifs is 1. The molecule has 0 saturated heterocycles. The van der Waals surface area contributed by atoms with Crippen molar-refractivity contribution in [3.63, 3.8) is 0 Å². The zero-order chi connectivity index (χ0) is 19.0. The minimum atomic E-state index is -0.892. The summed E-state index contributed by atoms with van der Waals surface area (Å²) in [6, 6.07) is 8.37. The van der Waals surface area contributed by atoms with Gasteiger partial charge in [0.2, 0.25) is 16.9 Å². The lowest BCUT2D eigenvalue weighted by atomic mass is 10.0. The van der Waals surface area contributed by atoms with Gasteiger partial charge in [-0.2, -0.15) is 0 Å². The van der Waals surface area contributed by atoms with Crippen LogP contribution in [0.3, 0.4) is 0 Å². The second-order valence-corrected chi connectivity index (χ2v) is 6.19. The van der Waals surface area contributed by atoms with E-state index in [1.807, 2.05) is 13.8 Å². The Kier molecular flexibility index (Phi) is 4.34. The Labute approximate surface area is 148 Å². The first kappa shape index (κ1) is 17.4. The summed E-state index contributed by atoms with van der Waals surface area (Å²) in [6.07, 6.45) is 1.82. The summed E-state index contributed by atoms with van der Waals surface area (Å²) >= 11 is 0. The number of allylic oxidation sites excluding steroid dienone is 2. The molecule has 6 heteroatoms. The third-order valence-electron chi connectivity index (χ3n) is 4.09. The standard InChI is InChI=1S/C20H18O6/c1-10(2)8-9-12-14(21)13-16(23)18(25)19(11-6-4-3-5-7-11)26-20(13)17(24)15(12)22/h3-8,21-22,24-25H,9H2,1-2H3. The summed E-state index contributed by atoms with van der Waals surface area (Å²) in [5.41, 5.74) is 0.0445. The van der Waals surface area contributed by atoms with Crippen LogP contribution < -0.4 is 5.43 Å². The number of phenols is 3. The maximum atomic E-state index is 12.6. The fourth-order valence-corrected chi connectivity index (χ4v) is 2.71. The van der Waals surface area contributed by atoms with E-state index in [4.69, 9.17) is 4.42 Å². The van der Waals surface area contributed by atoms with Gasteiger partial charge in [-0.15, -0.1) is 0 Å². The predicted molar refractivity (Wildman–Crippen MR) is 97.7 cm³/mol. The smallest absolute Gasteiger partial charge is 0.238 e. The van der Waals surface area contributed by atoms with E-state index in [2.05, 4.69) is 0 Å². The van der Waals surface area contributed by atoms with Crippen LogP contribution in [0.15, 0.2) is 51.2 Å². The van der Waals surface area contributed by atoms with Gasteiger partial charge in [-0.3, -0.25) is 4.79 Å². The second kappa shape index (κ2) is 6.48. The Morgan fingerprint density at radius 3 is 2.23 bits per heavy atom. The Hall–Kier alpha value is -3.41. The molecule has 1 aromatic heterocycles. The number of phenolic OH excluding ortho intramolecular Hbond substituents is 3. The van der Waals surface area contributed by atoms with Crippen molar-refractivity contribution in [3.05, 3.63) is 57.8 Å². The van der Waals surface area contributed by atoms with Crippen LogP contribution >= 0.6 is 0 Å². The Morgan fingerprint density at radius 2 is 1.62 bits per heavy atom. The van der Waals surface area contributed by atoms with E-state index in [1.165, 1.54) is 0 Å². The molecule has 0 atom stereocenters. The third-order valence-corrected chi connectivity index (χ3v) is 4.09. The average Bonchev–Trinajstić information content (AvgIpc) is 2.62. The number of benzene rings is 2. The van der Waals surface area contributed by atoms with Crippen LogP contribution in [0.5, 0.6) is 23.0 Å². The first-order valence-electron chi connectivity index (χ1n) is 7.97. The first-order valence-corrected chi connectivity index (χ1v) is 7.97. The van der Waals surface area contributed by atoms with E-state index in [-0.39, 0.29) is 28.7 Å². The maximum Gasteiger partial charge on any atom is 0.238 e. The van der Waals surface area contributed by atoms with Crippen molar-refractivity contribution >= 4 is 11.0 Å². The molecule has 0 unspecified atom stereocenters. The highest BCUT2D eigenvalue weighted by atomic mass is 16.4. The van der Waals surface area contributed by atoms with E-state index in [0.29, 0.717) is 5.56 Å². The van der Waals surface area contributed by atoms with Crippen molar-refractivity contribution in [3.8, 4) is 34.3 Å². The summed E-state index contributed by atoms with van der Waals surface area (Å²) in [5.74, 6) is -2.60. The topological polar surface area (TPSA) is 111 Å². The van der Waals surface area contributed by atoms with Gasteiger partial charge in [-0.1, -0.05) is 42.0 Å². The molecule has 0 spiro atoms. The molecule has 0 amide bonds. The number of hydrogen-bond acceptors (Lipinski definition) is 6. The lowest BCUT2D eigenvalue weighted by Crippen LogP contribution is -2.04. The summed E-state index contributed by atoms with van der Waals surface area (Å²) in [5, 5.41) is 40.9. The monoisotopic (exact) mass is 354 g/mol. The van der Waals surface area contributed by atoms with Crippen molar-refractivity contribution < 1.29 is 24.8 Å². The molecule has 0 fully saturated rings. The third kappa shape index (κ3) is 2.75. The molecule has 2 aromatic carbocycles. The lowest BCUT2D eigenvalue weighted by molar-refractivity contribution is 0.386. The van der Waals surface area contributed by atoms with Crippen LogP contribution in [0.25, 0.3) is 22.3 Å². The van der Waals surface area contributed by atoms with Crippen LogP contribution in [-0.2, 0) is 6.42 Å². The molecule has 4 N–H and O–H groups in total.